The SMILES string of the molecule is CN(CC(=O)O)Cc1ccccc1.Cc1cnc(N=C(N)N)c2cc(C=O)ccc12. The van der Waals surface area contributed by atoms with E-state index < -0.39 is 5.97 Å². The Hall–Kier alpha value is -3.78. The Labute approximate surface area is 174 Å². The highest BCUT2D eigenvalue weighted by Crippen LogP contribution is 2.26. The molecule has 1 heterocycles. The first-order chi connectivity index (χ1) is 14.3. The van der Waals surface area contributed by atoms with Crippen molar-refractivity contribution in [2.45, 2.75) is 13.5 Å². The number of aromatic nitrogens is 1. The summed E-state index contributed by atoms with van der Waals surface area (Å²) in [6.45, 7) is 2.69. The van der Waals surface area contributed by atoms with Crippen LogP contribution in [0.1, 0.15) is 21.5 Å². The van der Waals surface area contributed by atoms with Crippen LogP contribution in [-0.4, -0.2) is 46.8 Å². The Balaban J connectivity index is 0.000000222. The molecule has 3 rings (SSSR count). The van der Waals surface area contributed by atoms with Gasteiger partial charge in [0.25, 0.3) is 0 Å². The van der Waals surface area contributed by atoms with E-state index >= 15 is 0 Å². The molecular weight excluding hydrogens is 382 g/mol. The maximum atomic E-state index is 10.8. The maximum absolute atomic E-state index is 10.8. The predicted molar refractivity (Wildman–Crippen MR) is 118 cm³/mol. The number of nitrogens with two attached hydrogens (primary N) is 2. The zero-order valence-corrected chi connectivity index (χ0v) is 16.9. The second-order valence-electron chi connectivity index (χ2n) is 6.78. The lowest BCUT2D eigenvalue weighted by Crippen LogP contribution is -2.24. The van der Waals surface area contributed by atoms with Gasteiger partial charge in [0.05, 0.1) is 6.54 Å². The van der Waals surface area contributed by atoms with Crippen molar-refractivity contribution in [3.8, 4) is 0 Å². The Morgan fingerprint density at radius 1 is 1.17 bits per heavy atom. The molecule has 1 aromatic heterocycles. The summed E-state index contributed by atoms with van der Waals surface area (Å²) in [6, 6.07) is 15.2. The number of aldehydes is 1. The van der Waals surface area contributed by atoms with E-state index in [1.807, 2.05) is 43.3 Å². The lowest BCUT2D eigenvalue weighted by atomic mass is 10.1. The number of aliphatic imine (C=N–C) groups is 1. The first-order valence-electron chi connectivity index (χ1n) is 9.18. The summed E-state index contributed by atoms with van der Waals surface area (Å²) in [6.07, 6.45) is 2.48. The van der Waals surface area contributed by atoms with Crippen LogP contribution in [0.3, 0.4) is 0 Å². The van der Waals surface area contributed by atoms with E-state index in [0.717, 1.165) is 28.2 Å². The second-order valence-corrected chi connectivity index (χ2v) is 6.78. The molecule has 5 N–H and O–H groups in total. The summed E-state index contributed by atoms with van der Waals surface area (Å²) < 4.78 is 0. The summed E-state index contributed by atoms with van der Waals surface area (Å²) in [4.78, 5) is 31.0. The van der Waals surface area contributed by atoms with E-state index in [1.54, 1.807) is 30.3 Å². The van der Waals surface area contributed by atoms with Crippen LogP contribution in [0.15, 0.2) is 59.7 Å². The largest absolute Gasteiger partial charge is 0.480 e. The normalized spacial score (nSPS) is 10.2. The number of guanidine groups is 1. The van der Waals surface area contributed by atoms with Gasteiger partial charge in [-0.3, -0.25) is 14.5 Å². The van der Waals surface area contributed by atoms with E-state index in [4.69, 9.17) is 16.6 Å². The fourth-order valence-electron chi connectivity index (χ4n) is 2.85. The van der Waals surface area contributed by atoms with Gasteiger partial charge in [0, 0.05) is 23.7 Å². The fourth-order valence-corrected chi connectivity index (χ4v) is 2.85. The minimum atomic E-state index is -0.793. The van der Waals surface area contributed by atoms with Crippen molar-refractivity contribution >= 4 is 34.8 Å². The van der Waals surface area contributed by atoms with Crippen molar-refractivity contribution in [3.63, 3.8) is 0 Å². The van der Waals surface area contributed by atoms with Gasteiger partial charge in [-0.25, -0.2) is 4.98 Å². The second kappa shape index (κ2) is 10.7. The molecule has 0 saturated carbocycles. The number of benzene rings is 2. The topological polar surface area (TPSA) is 135 Å². The van der Waals surface area contributed by atoms with Crippen LogP contribution < -0.4 is 11.5 Å². The molecule has 0 aliphatic heterocycles. The van der Waals surface area contributed by atoms with Crippen LogP contribution in [0.4, 0.5) is 5.82 Å². The molecule has 30 heavy (non-hydrogen) atoms. The lowest BCUT2D eigenvalue weighted by Gasteiger charge is -2.13. The van der Waals surface area contributed by atoms with Crippen molar-refractivity contribution in [3.05, 3.63) is 71.4 Å². The van der Waals surface area contributed by atoms with E-state index in [2.05, 4.69) is 9.98 Å². The molecular formula is C22H25N5O3. The van der Waals surface area contributed by atoms with Crippen molar-refractivity contribution in [1.29, 1.82) is 0 Å². The van der Waals surface area contributed by atoms with Crippen LogP contribution in [0.2, 0.25) is 0 Å². The Morgan fingerprint density at radius 2 is 1.87 bits per heavy atom. The minimum Gasteiger partial charge on any atom is -0.480 e. The molecule has 0 saturated heterocycles. The average Bonchev–Trinajstić information content (AvgIpc) is 2.70. The summed E-state index contributed by atoms with van der Waals surface area (Å²) >= 11 is 0. The third-order valence-corrected chi connectivity index (χ3v) is 4.16. The van der Waals surface area contributed by atoms with Gasteiger partial charge in [0.1, 0.15) is 6.29 Å². The Bertz CT molecular complexity index is 1050. The van der Waals surface area contributed by atoms with Gasteiger partial charge < -0.3 is 16.6 Å². The Morgan fingerprint density at radius 3 is 2.47 bits per heavy atom. The van der Waals surface area contributed by atoms with Gasteiger partial charge >= 0.3 is 5.97 Å². The molecule has 0 aliphatic carbocycles. The number of aliphatic carboxylic acids is 1. The summed E-state index contributed by atoms with van der Waals surface area (Å²) in [7, 11) is 1.79. The van der Waals surface area contributed by atoms with Gasteiger partial charge in [-0.15, -0.1) is 0 Å². The molecule has 3 aromatic rings. The molecule has 0 spiro atoms. The molecule has 8 heteroatoms. The number of carboxylic acids is 1. The third-order valence-electron chi connectivity index (χ3n) is 4.16. The van der Waals surface area contributed by atoms with Crippen LogP contribution in [0.25, 0.3) is 10.8 Å². The number of carbonyl (C=O) groups is 2. The monoisotopic (exact) mass is 407 g/mol. The van der Waals surface area contributed by atoms with Gasteiger partial charge in [0.2, 0.25) is 0 Å². The van der Waals surface area contributed by atoms with E-state index in [1.165, 1.54) is 0 Å². The predicted octanol–water partition coefficient (Wildman–Crippen LogP) is 2.46. The highest BCUT2D eigenvalue weighted by atomic mass is 16.4. The standard InChI is InChI=1S/C12H12N4O.C10H13NO2/c1-7-5-15-11(16-12(13)14)10-4-8(6-17)2-3-9(7)10;1-11(8-10(12)13)7-9-5-3-2-4-6-9/h2-6H,1H3,(H4,13,14,15,16);2-6H,7-8H2,1H3,(H,12,13). The first kappa shape index (κ1) is 22.5. The van der Waals surface area contributed by atoms with Gasteiger partial charge in [-0.2, -0.15) is 4.99 Å². The third kappa shape index (κ3) is 6.68. The van der Waals surface area contributed by atoms with Gasteiger partial charge in [-0.1, -0.05) is 42.5 Å². The highest BCUT2D eigenvalue weighted by Gasteiger charge is 2.06. The molecule has 0 unspecified atom stereocenters. The van der Waals surface area contributed by atoms with E-state index in [0.29, 0.717) is 17.9 Å². The van der Waals surface area contributed by atoms with Gasteiger partial charge in [-0.05, 0) is 36.6 Å². The molecule has 0 atom stereocenters. The molecule has 156 valence electrons. The number of hydrogen-bond acceptors (Lipinski definition) is 5. The number of aryl methyl sites for hydroxylation is 1. The maximum Gasteiger partial charge on any atom is 0.317 e. The fraction of sp³-hybridized carbons (Fsp3) is 0.182. The zero-order chi connectivity index (χ0) is 22.1. The van der Waals surface area contributed by atoms with E-state index in [9.17, 15) is 9.59 Å². The quantitative estimate of drug-likeness (QED) is 0.324. The molecule has 2 aromatic carbocycles. The van der Waals surface area contributed by atoms with Crippen LogP contribution in [0.5, 0.6) is 0 Å². The summed E-state index contributed by atoms with van der Waals surface area (Å²) in [5.41, 5.74) is 13.4. The van der Waals surface area contributed by atoms with Crippen molar-refractivity contribution in [2.75, 3.05) is 13.6 Å². The molecule has 8 nitrogen and oxygen atoms in total. The van der Waals surface area contributed by atoms with Crippen LogP contribution >= 0.6 is 0 Å². The van der Waals surface area contributed by atoms with Crippen molar-refractivity contribution < 1.29 is 14.7 Å². The number of carboxylic acid groups (broad SMARTS) is 1. The smallest absolute Gasteiger partial charge is 0.317 e. The lowest BCUT2D eigenvalue weighted by molar-refractivity contribution is -0.138. The molecule has 0 bridgehead atoms. The highest BCUT2D eigenvalue weighted by molar-refractivity contribution is 5.97. The summed E-state index contributed by atoms with van der Waals surface area (Å²) in [5.74, 6) is -0.424. The average molecular weight is 407 g/mol. The van der Waals surface area contributed by atoms with Crippen molar-refractivity contribution in [2.24, 2.45) is 16.5 Å². The van der Waals surface area contributed by atoms with Gasteiger partial charge in [0.15, 0.2) is 11.8 Å². The number of likely N-dealkylation sites (N-methyl/N-ethyl adjacent to an activating group) is 1. The summed E-state index contributed by atoms with van der Waals surface area (Å²) in [5, 5.41) is 10.3. The molecule has 0 aliphatic rings. The number of fused-ring (bicyclic) bond motifs is 1. The number of pyridine rings is 1. The number of hydrogen-bond donors (Lipinski definition) is 3. The van der Waals surface area contributed by atoms with Crippen molar-refractivity contribution in [1.82, 2.24) is 9.88 Å². The molecule has 0 fully saturated rings. The zero-order valence-electron chi connectivity index (χ0n) is 16.9. The number of rotatable bonds is 6. The van der Waals surface area contributed by atoms with Crippen LogP contribution in [-0.2, 0) is 11.3 Å². The van der Waals surface area contributed by atoms with Crippen LogP contribution in [0, 0.1) is 6.92 Å². The minimum absolute atomic E-state index is 0.0563. The van der Waals surface area contributed by atoms with E-state index in [-0.39, 0.29) is 12.5 Å². The first-order valence-corrected chi connectivity index (χ1v) is 9.18. The number of nitrogens with zero attached hydrogens (tertiary/aromatic N) is 3. The molecule has 0 amide bonds. The molecule has 0 radical (unpaired) electrons. The number of carbonyl (C=O) groups excluding carboxylic acids is 1. The Kier molecular flexibility index (Phi) is 8.01.